The molecule has 1 fully saturated rings. The van der Waals surface area contributed by atoms with Gasteiger partial charge < -0.3 is 19.1 Å². The molecule has 0 radical (unpaired) electrons. The highest BCUT2D eigenvalue weighted by Gasteiger charge is 2.10. The molecule has 0 amide bonds. The van der Waals surface area contributed by atoms with Gasteiger partial charge in [0.15, 0.2) is 11.5 Å². The Bertz CT molecular complexity index is 781. The van der Waals surface area contributed by atoms with Crippen molar-refractivity contribution in [1.29, 1.82) is 0 Å². The van der Waals surface area contributed by atoms with Crippen LogP contribution in [0.25, 0.3) is 0 Å². The van der Waals surface area contributed by atoms with Crippen molar-refractivity contribution < 1.29 is 19.0 Å². The number of anilines is 1. The van der Waals surface area contributed by atoms with Crippen LogP contribution in [-0.4, -0.2) is 45.6 Å². The third-order valence-electron chi connectivity index (χ3n) is 4.03. The minimum Gasteiger partial charge on any atom is -0.493 e. The lowest BCUT2D eigenvalue weighted by molar-refractivity contribution is -0.132. The first-order valence-corrected chi connectivity index (χ1v) is 8.49. The molecule has 0 N–H and O–H groups in total. The fourth-order valence-corrected chi connectivity index (χ4v) is 2.72. The first-order chi connectivity index (χ1) is 12.7. The van der Waals surface area contributed by atoms with Crippen LogP contribution in [0.2, 0.25) is 0 Å². The number of aliphatic imine (C=N–C) groups is 1. The van der Waals surface area contributed by atoms with Crippen LogP contribution in [0.3, 0.4) is 0 Å². The van der Waals surface area contributed by atoms with Crippen molar-refractivity contribution in [2.75, 3.05) is 38.3 Å². The van der Waals surface area contributed by atoms with Gasteiger partial charge >= 0.3 is 5.97 Å². The molecule has 0 saturated carbocycles. The van der Waals surface area contributed by atoms with Gasteiger partial charge in [0.1, 0.15) is 0 Å². The average Bonchev–Trinajstić information content (AvgIpc) is 2.68. The summed E-state index contributed by atoms with van der Waals surface area (Å²) < 4.78 is 15.7. The van der Waals surface area contributed by atoms with Crippen LogP contribution < -0.4 is 14.4 Å². The second-order valence-corrected chi connectivity index (χ2v) is 5.88. The Labute approximate surface area is 153 Å². The maximum absolute atomic E-state index is 11.1. The Morgan fingerprint density at radius 1 is 1.12 bits per heavy atom. The molecule has 26 heavy (non-hydrogen) atoms. The minimum atomic E-state index is -0.384. The van der Waals surface area contributed by atoms with E-state index < -0.39 is 0 Å². The molecule has 136 valence electrons. The molecule has 0 unspecified atom stereocenters. The number of ether oxygens (including phenoxy) is 3. The number of hydrogen-bond donors (Lipinski definition) is 0. The van der Waals surface area contributed by atoms with Crippen molar-refractivity contribution in [1.82, 2.24) is 0 Å². The fourth-order valence-electron chi connectivity index (χ4n) is 2.72. The molecule has 1 aliphatic heterocycles. The lowest BCUT2D eigenvalue weighted by atomic mass is 10.2. The number of carbonyl (C=O) groups excluding carboxylic acids is 1. The first-order valence-electron chi connectivity index (χ1n) is 8.49. The smallest absolute Gasteiger partial charge is 0.308 e. The van der Waals surface area contributed by atoms with E-state index in [0.717, 1.165) is 37.6 Å². The maximum Gasteiger partial charge on any atom is 0.308 e. The predicted molar refractivity (Wildman–Crippen MR) is 101 cm³/mol. The van der Waals surface area contributed by atoms with E-state index in [1.54, 1.807) is 18.3 Å². The molecule has 0 bridgehead atoms. The molecule has 0 aromatic heterocycles. The van der Waals surface area contributed by atoms with Crippen molar-refractivity contribution in [3.8, 4) is 11.5 Å². The number of nitrogens with zero attached hydrogens (tertiary/aromatic N) is 2. The molecule has 2 aromatic rings. The number of methoxy groups -OCH3 is 1. The summed E-state index contributed by atoms with van der Waals surface area (Å²) in [5, 5.41) is 0. The topological polar surface area (TPSA) is 60.4 Å². The van der Waals surface area contributed by atoms with Crippen LogP contribution in [0.4, 0.5) is 11.4 Å². The molecular formula is C20H22N2O4. The van der Waals surface area contributed by atoms with E-state index in [2.05, 4.69) is 22.0 Å². The van der Waals surface area contributed by atoms with Gasteiger partial charge in [0.2, 0.25) is 0 Å². The van der Waals surface area contributed by atoms with Crippen LogP contribution in [0.1, 0.15) is 12.5 Å². The summed E-state index contributed by atoms with van der Waals surface area (Å²) in [6.45, 7) is 4.72. The van der Waals surface area contributed by atoms with E-state index >= 15 is 0 Å². The molecule has 2 aromatic carbocycles. The van der Waals surface area contributed by atoms with Gasteiger partial charge in [-0.25, -0.2) is 0 Å². The van der Waals surface area contributed by atoms with E-state index in [-0.39, 0.29) is 5.97 Å². The number of rotatable bonds is 5. The zero-order valence-corrected chi connectivity index (χ0v) is 15.0. The van der Waals surface area contributed by atoms with E-state index in [4.69, 9.17) is 14.2 Å². The second-order valence-electron chi connectivity index (χ2n) is 5.88. The minimum absolute atomic E-state index is 0.384. The molecule has 1 aliphatic rings. The van der Waals surface area contributed by atoms with Gasteiger partial charge in [-0.3, -0.25) is 9.79 Å². The summed E-state index contributed by atoms with van der Waals surface area (Å²) in [7, 11) is 1.54. The van der Waals surface area contributed by atoms with Crippen molar-refractivity contribution in [2.24, 2.45) is 4.99 Å². The lowest BCUT2D eigenvalue weighted by Crippen LogP contribution is -2.36. The van der Waals surface area contributed by atoms with E-state index in [1.807, 2.05) is 18.2 Å². The first kappa shape index (κ1) is 17.9. The van der Waals surface area contributed by atoms with Crippen LogP contribution in [0.5, 0.6) is 11.5 Å². The van der Waals surface area contributed by atoms with Crippen molar-refractivity contribution in [2.45, 2.75) is 6.92 Å². The van der Waals surface area contributed by atoms with Gasteiger partial charge in [0.25, 0.3) is 0 Å². The summed E-state index contributed by atoms with van der Waals surface area (Å²) in [5.74, 6) is 0.504. The van der Waals surface area contributed by atoms with Crippen molar-refractivity contribution in [3.63, 3.8) is 0 Å². The summed E-state index contributed by atoms with van der Waals surface area (Å²) in [6, 6.07) is 13.4. The number of hydrogen-bond acceptors (Lipinski definition) is 6. The number of benzene rings is 2. The Hall–Kier alpha value is -2.86. The molecule has 6 nitrogen and oxygen atoms in total. The van der Waals surface area contributed by atoms with Crippen LogP contribution in [-0.2, 0) is 9.53 Å². The lowest BCUT2D eigenvalue weighted by Gasteiger charge is -2.28. The highest BCUT2D eigenvalue weighted by atomic mass is 16.6. The molecule has 3 rings (SSSR count). The second kappa shape index (κ2) is 8.49. The van der Waals surface area contributed by atoms with E-state index in [1.165, 1.54) is 19.7 Å². The monoisotopic (exact) mass is 354 g/mol. The number of carbonyl (C=O) groups is 1. The number of morpholine rings is 1. The van der Waals surface area contributed by atoms with Gasteiger partial charge in [-0.2, -0.15) is 0 Å². The third-order valence-corrected chi connectivity index (χ3v) is 4.03. The van der Waals surface area contributed by atoms with Gasteiger partial charge in [0, 0.05) is 31.9 Å². The van der Waals surface area contributed by atoms with Crippen LogP contribution in [0, 0.1) is 0 Å². The quantitative estimate of drug-likeness (QED) is 0.469. The molecule has 0 aliphatic carbocycles. The summed E-state index contributed by atoms with van der Waals surface area (Å²) in [5.41, 5.74) is 2.90. The molecular weight excluding hydrogens is 332 g/mol. The zero-order chi connectivity index (χ0) is 18.4. The third kappa shape index (κ3) is 4.61. The zero-order valence-electron chi connectivity index (χ0n) is 15.0. The number of esters is 1. The van der Waals surface area contributed by atoms with Crippen LogP contribution >= 0.6 is 0 Å². The van der Waals surface area contributed by atoms with Crippen molar-refractivity contribution in [3.05, 3.63) is 48.0 Å². The molecule has 1 saturated heterocycles. The highest BCUT2D eigenvalue weighted by molar-refractivity contribution is 5.83. The Kier molecular flexibility index (Phi) is 5.86. The fraction of sp³-hybridized carbons (Fsp3) is 0.300. The normalized spacial score (nSPS) is 14.5. The van der Waals surface area contributed by atoms with Gasteiger partial charge in [-0.1, -0.05) is 0 Å². The average molecular weight is 354 g/mol. The summed E-state index contributed by atoms with van der Waals surface area (Å²) >= 11 is 0. The van der Waals surface area contributed by atoms with Crippen LogP contribution in [0.15, 0.2) is 47.5 Å². The summed E-state index contributed by atoms with van der Waals surface area (Å²) in [6.07, 6.45) is 1.75. The molecule has 1 heterocycles. The van der Waals surface area contributed by atoms with E-state index in [0.29, 0.717) is 11.5 Å². The van der Waals surface area contributed by atoms with Gasteiger partial charge in [-0.05, 0) is 48.0 Å². The Morgan fingerprint density at radius 2 is 1.85 bits per heavy atom. The molecule has 0 atom stereocenters. The standard InChI is InChI=1S/C20H22N2O4/c1-15(23)26-19-8-3-16(13-20(19)24-2)14-21-17-4-6-18(7-5-17)22-9-11-25-12-10-22/h3-8,13-14H,9-12H2,1-2H3. The Balaban J connectivity index is 1.70. The summed E-state index contributed by atoms with van der Waals surface area (Å²) in [4.78, 5) is 17.9. The van der Waals surface area contributed by atoms with Gasteiger partial charge in [-0.15, -0.1) is 0 Å². The van der Waals surface area contributed by atoms with Gasteiger partial charge in [0.05, 0.1) is 26.0 Å². The predicted octanol–water partition coefficient (Wildman–Crippen LogP) is 3.21. The van der Waals surface area contributed by atoms with E-state index in [9.17, 15) is 4.79 Å². The highest BCUT2D eigenvalue weighted by Crippen LogP contribution is 2.28. The Morgan fingerprint density at radius 3 is 2.50 bits per heavy atom. The molecule has 0 spiro atoms. The largest absolute Gasteiger partial charge is 0.493 e. The molecule has 6 heteroatoms. The van der Waals surface area contributed by atoms with Crippen molar-refractivity contribution >= 4 is 23.6 Å². The maximum atomic E-state index is 11.1. The SMILES string of the molecule is COc1cc(C=Nc2ccc(N3CCOCC3)cc2)ccc1OC(C)=O.